The van der Waals surface area contributed by atoms with E-state index in [1.165, 1.54) is 19.2 Å². The lowest BCUT2D eigenvalue weighted by Gasteiger charge is -2.27. The van der Waals surface area contributed by atoms with Gasteiger partial charge in [-0.3, -0.25) is 9.78 Å². The highest BCUT2D eigenvalue weighted by atomic mass is 19.1. The Morgan fingerprint density at radius 3 is 2.71 bits per heavy atom. The lowest BCUT2D eigenvalue weighted by atomic mass is 10.0. The van der Waals surface area contributed by atoms with Crippen LogP contribution in [0.2, 0.25) is 0 Å². The molecule has 8 heteroatoms. The highest BCUT2D eigenvalue weighted by molar-refractivity contribution is 5.81. The van der Waals surface area contributed by atoms with Crippen LogP contribution in [0.3, 0.4) is 0 Å². The molecule has 0 radical (unpaired) electrons. The lowest BCUT2D eigenvalue weighted by molar-refractivity contribution is -0.136. The molecule has 0 amide bonds. The molecule has 1 aliphatic carbocycles. The van der Waals surface area contributed by atoms with E-state index >= 15 is 0 Å². The number of ether oxygens (including phenoxy) is 1. The highest BCUT2D eigenvalue weighted by Crippen LogP contribution is 2.43. The van der Waals surface area contributed by atoms with E-state index in [0.717, 1.165) is 18.2 Å². The Hall–Kier alpha value is -3.26. The van der Waals surface area contributed by atoms with E-state index in [1.54, 1.807) is 12.1 Å². The predicted molar refractivity (Wildman–Crippen MR) is 97.6 cm³/mol. The highest BCUT2D eigenvalue weighted by Gasteiger charge is 2.44. The lowest BCUT2D eigenvalue weighted by Crippen LogP contribution is -2.34. The molecule has 1 unspecified atom stereocenters. The van der Waals surface area contributed by atoms with E-state index in [4.69, 9.17) is 15.6 Å². The normalized spacial score (nSPS) is 18.9. The van der Waals surface area contributed by atoms with Crippen molar-refractivity contribution in [1.82, 2.24) is 4.98 Å². The van der Waals surface area contributed by atoms with Gasteiger partial charge >= 0.3 is 5.97 Å². The Labute approximate surface area is 159 Å². The second kappa shape index (κ2) is 7.40. The average molecular weight is 388 g/mol. The number of hydrogen-bond donors (Lipinski definition) is 3. The van der Waals surface area contributed by atoms with Crippen LogP contribution in [0.5, 0.6) is 5.75 Å². The molecule has 1 aliphatic rings. The molecule has 146 valence electrons. The van der Waals surface area contributed by atoms with Crippen molar-refractivity contribution in [2.24, 2.45) is 5.73 Å². The number of halogens is 2. The Bertz CT molecular complexity index is 1000. The summed E-state index contributed by atoms with van der Waals surface area (Å²) in [6, 6.07) is 6.48. The Balaban J connectivity index is 2.03. The first-order valence-corrected chi connectivity index (χ1v) is 8.40. The number of aliphatic hydroxyl groups excluding tert-OH is 1. The fourth-order valence-electron chi connectivity index (χ4n) is 2.93. The van der Waals surface area contributed by atoms with Crippen LogP contribution in [-0.4, -0.2) is 26.8 Å². The molecule has 0 aliphatic heterocycles. The van der Waals surface area contributed by atoms with Crippen LogP contribution in [0, 0.1) is 5.82 Å². The molecule has 0 fully saturated rings. The van der Waals surface area contributed by atoms with Gasteiger partial charge in [-0.25, -0.2) is 8.78 Å². The van der Waals surface area contributed by atoms with Crippen molar-refractivity contribution in [2.75, 3.05) is 0 Å². The summed E-state index contributed by atoms with van der Waals surface area (Å²) >= 11 is 0. The predicted octanol–water partition coefficient (Wildman–Crippen LogP) is 3.28. The van der Waals surface area contributed by atoms with Gasteiger partial charge in [-0.2, -0.15) is 0 Å². The minimum Gasteiger partial charge on any atom is -0.507 e. The number of aliphatic hydroxyl groups is 1. The summed E-state index contributed by atoms with van der Waals surface area (Å²) in [4.78, 5) is 15.1. The number of benzene rings is 1. The SMILES string of the molecule is CC1(Oc2cc(F)ccc2CC(=O)O)C(F)=CC(c2ccnc(CN)c2)=C1O. The largest absolute Gasteiger partial charge is 0.507 e. The van der Waals surface area contributed by atoms with Crippen molar-refractivity contribution < 1.29 is 28.5 Å². The molecule has 4 N–H and O–H groups in total. The number of aliphatic carboxylic acids is 1. The number of carboxylic acid groups (broad SMARTS) is 1. The molecular weight excluding hydrogens is 370 g/mol. The van der Waals surface area contributed by atoms with Crippen LogP contribution in [0.4, 0.5) is 8.78 Å². The van der Waals surface area contributed by atoms with Crippen LogP contribution >= 0.6 is 0 Å². The summed E-state index contributed by atoms with van der Waals surface area (Å²) < 4.78 is 34.1. The molecule has 0 bridgehead atoms. The molecule has 6 nitrogen and oxygen atoms in total. The van der Waals surface area contributed by atoms with E-state index in [2.05, 4.69) is 4.98 Å². The maximum absolute atomic E-state index is 14.8. The number of carboxylic acids is 1. The molecule has 3 rings (SSSR count). The Kier molecular flexibility index (Phi) is 5.15. The van der Waals surface area contributed by atoms with Gasteiger partial charge in [0.05, 0.1) is 12.1 Å². The number of aromatic nitrogens is 1. The van der Waals surface area contributed by atoms with Gasteiger partial charge in [0.1, 0.15) is 11.6 Å². The van der Waals surface area contributed by atoms with Gasteiger partial charge in [0.15, 0.2) is 11.6 Å². The van der Waals surface area contributed by atoms with Crippen molar-refractivity contribution in [1.29, 1.82) is 0 Å². The fourth-order valence-corrected chi connectivity index (χ4v) is 2.93. The Morgan fingerprint density at radius 2 is 2.04 bits per heavy atom. The molecular formula is C20H18F2N2O4. The number of nitrogens with zero attached hydrogens (tertiary/aromatic N) is 1. The molecule has 1 aromatic carbocycles. The Morgan fingerprint density at radius 1 is 1.29 bits per heavy atom. The smallest absolute Gasteiger partial charge is 0.307 e. The van der Waals surface area contributed by atoms with Gasteiger partial charge in [-0.05, 0) is 36.8 Å². The average Bonchev–Trinajstić information content (AvgIpc) is 2.88. The first-order chi connectivity index (χ1) is 13.2. The summed E-state index contributed by atoms with van der Waals surface area (Å²) in [5, 5.41) is 19.7. The van der Waals surface area contributed by atoms with Gasteiger partial charge < -0.3 is 20.7 Å². The third-order valence-corrected chi connectivity index (χ3v) is 4.46. The van der Waals surface area contributed by atoms with E-state index in [1.807, 2.05) is 0 Å². The summed E-state index contributed by atoms with van der Waals surface area (Å²) in [5.74, 6) is -3.24. The molecule has 28 heavy (non-hydrogen) atoms. The third kappa shape index (κ3) is 3.59. The second-order valence-corrected chi connectivity index (χ2v) is 6.45. The maximum Gasteiger partial charge on any atom is 0.307 e. The van der Waals surface area contributed by atoms with Crippen molar-refractivity contribution in [3.8, 4) is 5.75 Å². The van der Waals surface area contributed by atoms with Gasteiger partial charge in [-0.15, -0.1) is 0 Å². The van der Waals surface area contributed by atoms with E-state index in [-0.39, 0.29) is 23.4 Å². The molecule has 2 aromatic rings. The fraction of sp³-hybridized carbons (Fsp3) is 0.200. The molecule has 1 atom stereocenters. The second-order valence-electron chi connectivity index (χ2n) is 6.45. The minimum absolute atomic E-state index is 0.151. The van der Waals surface area contributed by atoms with Gasteiger partial charge in [0.25, 0.3) is 0 Å². The van der Waals surface area contributed by atoms with Crippen LogP contribution in [0.1, 0.15) is 23.7 Å². The zero-order chi connectivity index (χ0) is 20.5. The van der Waals surface area contributed by atoms with Crippen LogP contribution < -0.4 is 10.5 Å². The van der Waals surface area contributed by atoms with E-state index < -0.39 is 35.4 Å². The third-order valence-electron chi connectivity index (χ3n) is 4.46. The number of carbonyl (C=O) groups is 1. The first-order valence-electron chi connectivity index (χ1n) is 8.40. The standard InChI is InChI=1S/C20H18F2N2O4/c1-20(28-16-8-13(21)3-2-12(16)7-18(25)26)17(22)9-15(19(20)27)11-4-5-24-14(6-11)10-23/h2-6,8-9,27H,7,10,23H2,1H3,(H,25,26). The summed E-state index contributed by atoms with van der Waals surface area (Å²) in [5.41, 5.74) is 5.00. The van der Waals surface area contributed by atoms with Crippen LogP contribution in [0.25, 0.3) is 5.57 Å². The van der Waals surface area contributed by atoms with Crippen LogP contribution in [-0.2, 0) is 17.8 Å². The zero-order valence-corrected chi connectivity index (χ0v) is 14.9. The van der Waals surface area contributed by atoms with Crippen molar-refractivity contribution in [3.05, 3.63) is 76.8 Å². The van der Waals surface area contributed by atoms with Crippen molar-refractivity contribution in [3.63, 3.8) is 0 Å². The monoisotopic (exact) mass is 388 g/mol. The van der Waals surface area contributed by atoms with Gasteiger partial charge in [0.2, 0.25) is 5.60 Å². The number of rotatable bonds is 6. The molecule has 0 spiro atoms. The van der Waals surface area contributed by atoms with E-state index in [9.17, 15) is 18.7 Å². The molecule has 1 aromatic heterocycles. The maximum atomic E-state index is 14.8. The molecule has 1 heterocycles. The van der Waals surface area contributed by atoms with Gasteiger partial charge in [0, 0.05) is 29.9 Å². The van der Waals surface area contributed by atoms with Crippen LogP contribution in [0.15, 0.2) is 54.2 Å². The number of pyridine rings is 1. The number of allylic oxidation sites excluding steroid dienone is 2. The first kappa shape index (κ1) is 19.5. The number of hydrogen-bond acceptors (Lipinski definition) is 5. The van der Waals surface area contributed by atoms with Crippen molar-refractivity contribution >= 4 is 11.5 Å². The summed E-state index contributed by atoms with van der Waals surface area (Å²) in [7, 11) is 0. The summed E-state index contributed by atoms with van der Waals surface area (Å²) in [6.45, 7) is 1.45. The quantitative estimate of drug-likeness (QED) is 0.701. The van der Waals surface area contributed by atoms with Gasteiger partial charge in [-0.1, -0.05) is 6.07 Å². The minimum atomic E-state index is -1.93. The zero-order valence-electron chi connectivity index (χ0n) is 14.9. The number of nitrogens with two attached hydrogens (primary N) is 1. The van der Waals surface area contributed by atoms with Crippen molar-refractivity contribution in [2.45, 2.75) is 25.5 Å². The van der Waals surface area contributed by atoms with E-state index in [0.29, 0.717) is 11.3 Å². The summed E-state index contributed by atoms with van der Waals surface area (Å²) in [6.07, 6.45) is 2.15. The molecule has 0 saturated heterocycles. The molecule has 0 saturated carbocycles. The topological polar surface area (TPSA) is 106 Å².